The Morgan fingerprint density at radius 1 is 1.13 bits per heavy atom. The number of hydrogen-bond donors (Lipinski definition) is 1. The summed E-state index contributed by atoms with van der Waals surface area (Å²) in [6, 6.07) is -0.739. The molecule has 0 aromatic rings. The number of hydrogen-bond acceptors (Lipinski definition) is 6. The van der Waals surface area contributed by atoms with Gasteiger partial charge in [-0.25, -0.2) is 4.79 Å². The molecule has 0 unspecified atom stereocenters. The van der Waals surface area contributed by atoms with Crippen LogP contribution in [0.25, 0.3) is 0 Å². The maximum Gasteiger partial charge on any atom is 0.330 e. The molecule has 2 amide bonds. The van der Waals surface area contributed by atoms with Gasteiger partial charge in [0.15, 0.2) is 0 Å². The first-order valence-electron chi connectivity index (χ1n) is 7.94. The standard InChI is InChI=1S/C15H25N3O5/c1-22-10-13(19)17-7-8-18(12(9-17)15(21)23-2)14(20)11-3-5-16-6-4-11/h11-12,16H,3-10H2,1-2H3/t12-/m1/s1. The lowest BCUT2D eigenvalue weighted by Gasteiger charge is -2.41. The lowest BCUT2D eigenvalue weighted by molar-refractivity contribution is -0.161. The first-order valence-corrected chi connectivity index (χ1v) is 7.94. The first kappa shape index (κ1) is 17.7. The highest BCUT2D eigenvalue weighted by Gasteiger charge is 2.39. The van der Waals surface area contributed by atoms with Crippen LogP contribution in [0.4, 0.5) is 0 Å². The van der Waals surface area contributed by atoms with Crippen molar-refractivity contribution in [2.75, 3.05) is 53.6 Å². The van der Waals surface area contributed by atoms with Crippen LogP contribution < -0.4 is 5.32 Å². The molecule has 2 fully saturated rings. The molecule has 2 rings (SSSR count). The van der Waals surface area contributed by atoms with Crippen LogP contribution in [0.3, 0.4) is 0 Å². The van der Waals surface area contributed by atoms with E-state index in [4.69, 9.17) is 9.47 Å². The SMILES string of the molecule is COCC(=O)N1CCN(C(=O)C2CCNCC2)[C@@H](C(=O)OC)C1. The van der Waals surface area contributed by atoms with Gasteiger partial charge in [-0.05, 0) is 25.9 Å². The van der Waals surface area contributed by atoms with Crippen molar-refractivity contribution in [2.24, 2.45) is 5.92 Å². The van der Waals surface area contributed by atoms with Gasteiger partial charge in [0.05, 0.1) is 13.7 Å². The third-order valence-electron chi connectivity index (χ3n) is 4.45. The van der Waals surface area contributed by atoms with Crippen LogP contribution in [0, 0.1) is 5.92 Å². The summed E-state index contributed by atoms with van der Waals surface area (Å²) in [6.45, 7) is 2.50. The lowest BCUT2D eigenvalue weighted by atomic mass is 9.95. The zero-order valence-electron chi connectivity index (χ0n) is 13.7. The van der Waals surface area contributed by atoms with Crippen LogP contribution in [0.15, 0.2) is 0 Å². The number of piperazine rings is 1. The molecular weight excluding hydrogens is 302 g/mol. The highest BCUT2D eigenvalue weighted by atomic mass is 16.5. The van der Waals surface area contributed by atoms with Gasteiger partial charge in [0.1, 0.15) is 12.6 Å². The summed E-state index contributed by atoms with van der Waals surface area (Å²) in [5.41, 5.74) is 0. The minimum Gasteiger partial charge on any atom is -0.467 e. The Kier molecular flexibility index (Phi) is 6.35. The number of carbonyl (C=O) groups is 3. The number of esters is 1. The molecule has 8 nitrogen and oxygen atoms in total. The second-order valence-corrected chi connectivity index (χ2v) is 5.87. The average Bonchev–Trinajstić information content (AvgIpc) is 2.60. The molecule has 0 bridgehead atoms. The molecule has 0 radical (unpaired) electrons. The Bertz CT molecular complexity index is 450. The number of nitrogens with zero attached hydrogens (tertiary/aromatic N) is 2. The van der Waals surface area contributed by atoms with Crippen LogP contribution in [-0.2, 0) is 23.9 Å². The molecule has 2 aliphatic heterocycles. The fourth-order valence-electron chi connectivity index (χ4n) is 3.13. The van der Waals surface area contributed by atoms with Crippen molar-refractivity contribution >= 4 is 17.8 Å². The van der Waals surface area contributed by atoms with E-state index >= 15 is 0 Å². The molecule has 0 aromatic carbocycles. The Hall–Kier alpha value is -1.67. The Morgan fingerprint density at radius 3 is 2.43 bits per heavy atom. The van der Waals surface area contributed by atoms with Gasteiger partial charge in [-0.15, -0.1) is 0 Å². The van der Waals surface area contributed by atoms with Crippen LogP contribution in [-0.4, -0.2) is 87.2 Å². The topological polar surface area (TPSA) is 88.2 Å². The monoisotopic (exact) mass is 327 g/mol. The smallest absolute Gasteiger partial charge is 0.330 e. The van der Waals surface area contributed by atoms with Crippen molar-refractivity contribution in [3.8, 4) is 0 Å². The third kappa shape index (κ3) is 4.20. The molecule has 2 aliphatic rings. The summed E-state index contributed by atoms with van der Waals surface area (Å²) in [5, 5.41) is 3.22. The lowest BCUT2D eigenvalue weighted by Crippen LogP contribution is -2.61. The maximum absolute atomic E-state index is 12.7. The van der Waals surface area contributed by atoms with Crippen molar-refractivity contribution < 1.29 is 23.9 Å². The van der Waals surface area contributed by atoms with Gasteiger partial charge in [0.2, 0.25) is 11.8 Å². The number of amides is 2. The summed E-state index contributed by atoms with van der Waals surface area (Å²) in [7, 11) is 2.75. The maximum atomic E-state index is 12.7. The summed E-state index contributed by atoms with van der Waals surface area (Å²) in [6.07, 6.45) is 1.55. The number of rotatable bonds is 4. The van der Waals surface area contributed by atoms with Crippen molar-refractivity contribution in [1.82, 2.24) is 15.1 Å². The molecule has 23 heavy (non-hydrogen) atoms. The van der Waals surface area contributed by atoms with E-state index in [0.29, 0.717) is 13.1 Å². The molecule has 0 spiro atoms. The summed E-state index contributed by atoms with van der Waals surface area (Å²) < 4.78 is 9.68. The molecule has 2 heterocycles. The molecule has 2 saturated heterocycles. The van der Waals surface area contributed by atoms with E-state index in [1.807, 2.05) is 0 Å². The zero-order chi connectivity index (χ0) is 16.8. The number of carbonyl (C=O) groups excluding carboxylic acids is 3. The van der Waals surface area contributed by atoms with Gasteiger partial charge in [-0.1, -0.05) is 0 Å². The number of methoxy groups -OCH3 is 2. The minimum atomic E-state index is -0.739. The van der Waals surface area contributed by atoms with Gasteiger partial charge in [-0.2, -0.15) is 0 Å². The number of ether oxygens (including phenoxy) is 2. The van der Waals surface area contributed by atoms with Crippen molar-refractivity contribution in [1.29, 1.82) is 0 Å². The average molecular weight is 327 g/mol. The van der Waals surface area contributed by atoms with Gasteiger partial charge in [-0.3, -0.25) is 9.59 Å². The molecule has 8 heteroatoms. The van der Waals surface area contributed by atoms with Crippen LogP contribution in [0.1, 0.15) is 12.8 Å². The van der Waals surface area contributed by atoms with Crippen molar-refractivity contribution in [2.45, 2.75) is 18.9 Å². The largest absolute Gasteiger partial charge is 0.467 e. The van der Waals surface area contributed by atoms with Crippen LogP contribution >= 0.6 is 0 Å². The second-order valence-electron chi connectivity index (χ2n) is 5.87. The zero-order valence-corrected chi connectivity index (χ0v) is 13.7. The van der Waals surface area contributed by atoms with Crippen LogP contribution in [0.2, 0.25) is 0 Å². The fraction of sp³-hybridized carbons (Fsp3) is 0.800. The number of piperidine rings is 1. The molecule has 130 valence electrons. The van der Waals surface area contributed by atoms with E-state index in [9.17, 15) is 14.4 Å². The van der Waals surface area contributed by atoms with Gasteiger partial charge >= 0.3 is 5.97 Å². The molecule has 0 aliphatic carbocycles. The molecular formula is C15H25N3O5. The molecule has 1 atom stereocenters. The van der Waals surface area contributed by atoms with Gasteiger partial charge < -0.3 is 24.6 Å². The van der Waals surface area contributed by atoms with Gasteiger partial charge in [0, 0.05) is 26.1 Å². The van der Waals surface area contributed by atoms with Crippen LogP contribution in [0.5, 0.6) is 0 Å². The van der Waals surface area contributed by atoms with E-state index in [2.05, 4.69) is 5.32 Å². The van der Waals surface area contributed by atoms with Crippen molar-refractivity contribution in [3.05, 3.63) is 0 Å². The Morgan fingerprint density at radius 2 is 1.83 bits per heavy atom. The number of nitrogens with one attached hydrogen (secondary N) is 1. The summed E-state index contributed by atoms with van der Waals surface area (Å²) in [4.78, 5) is 39.9. The normalized spacial score (nSPS) is 22.8. The van der Waals surface area contributed by atoms with E-state index in [1.165, 1.54) is 14.2 Å². The second kappa shape index (κ2) is 8.26. The van der Waals surface area contributed by atoms with Gasteiger partial charge in [0.25, 0.3) is 0 Å². The Labute approximate surface area is 136 Å². The predicted octanol–water partition coefficient (Wildman–Crippen LogP) is -1.16. The third-order valence-corrected chi connectivity index (χ3v) is 4.45. The van der Waals surface area contributed by atoms with E-state index in [1.54, 1.807) is 9.80 Å². The van der Waals surface area contributed by atoms with E-state index < -0.39 is 12.0 Å². The minimum absolute atomic E-state index is 0.0132. The van der Waals surface area contributed by atoms with Crippen molar-refractivity contribution in [3.63, 3.8) is 0 Å². The summed E-state index contributed by atoms with van der Waals surface area (Å²) in [5.74, 6) is -0.747. The first-order chi connectivity index (χ1) is 11.1. The predicted molar refractivity (Wildman–Crippen MR) is 81.6 cm³/mol. The molecule has 0 saturated carbocycles. The molecule has 0 aromatic heterocycles. The summed E-state index contributed by atoms with van der Waals surface area (Å²) >= 11 is 0. The van der Waals surface area contributed by atoms with E-state index in [0.717, 1.165) is 25.9 Å². The Balaban J connectivity index is 2.07. The molecule has 1 N–H and O–H groups in total. The van der Waals surface area contributed by atoms with E-state index in [-0.39, 0.29) is 30.9 Å². The highest BCUT2D eigenvalue weighted by molar-refractivity contribution is 5.87. The fourth-order valence-corrected chi connectivity index (χ4v) is 3.13. The quantitative estimate of drug-likeness (QED) is 0.656. The highest BCUT2D eigenvalue weighted by Crippen LogP contribution is 2.20.